The van der Waals surface area contributed by atoms with Gasteiger partial charge in [0, 0.05) is 10.9 Å². The topological polar surface area (TPSA) is 84.9 Å². The SMILES string of the molecule is COC(=O)c1[nH]c2cc(C)ccc2c1NC(=O)C[NH+]1C[C@@H](C)O[C@@H](C)C1. The molecule has 1 aliphatic heterocycles. The average molecular weight is 360 g/mol. The predicted octanol–water partition coefficient (Wildman–Crippen LogP) is 0.894. The van der Waals surface area contributed by atoms with Crippen LogP contribution in [0, 0.1) is 6.92 Å². The van der Waals surface area contributed by atoms with E-state index in [-0.39, 0.29) is 23.8 Å². The number of aromatic amines is 1. The second kappa shape index (κ2) is 7.47. The van der Waals surface area contributed by atoms with Gasteiger partial charge in [-0.2, -0.15) is 0 Å². The normalized spacial score (nSPS) is 23.0. The summed E-state index contributed by atoms with van der Waals surface area (Å²) >= 11 is 0. The number of carbonyl (C=O) groups excluding carboxylic acids is 2. The monoisotopic (exact) mass is 360 g/mol. The largest absolute Gasteiger partial charge is 0.464 e. The van der Waals surface area contributed by atoms with E-state index < -0.39 is 5.97 Å². The highest BCUT2D eigenvalue weighted by molar-refractivity contribution is 6.11. The summed E-state index contributed by atoms with van der Waals surface area (Å²) in [4.78, 5) is 29.0. The zero-order valence-corrected chi connectivity index (χ0v) is 15.6. The lowest BCUT2D eigenvalue weighted by atomic mass is 10.1. The van der Waals surface area contributed by atoms with Gasteiger partial charge in [0.1, 0.15) is 31.0 Å². The number of hydrogen-bond donors (Lipinski definition) is 3. The Kier molecular flexibility index (Phi) is 5.29. The van der Waals surface area contributed by atoms with Crippen LogP contribution in [0.4, 0.5) is 5.69 Å². The fourth-order valence-electron chi connectivity index (χ4n) is 3.64. The van der Waals surface area contributed by atoms with E-state index in [9.17, 15) is 9.59 Å². The standard InChI is InChI=1S/C19H25N3O4/c1-11-5-6-14-15(7-11)20-18(19(24)25-4)17(14)21-16(23)10-22-8-12(2)26-13(3)9-22/h5-7,12-13,20H,8-10H2,1-4H3,(H,21,23)/p+1/t12-,13+. The van der Waals surface area contributed by atoms with Gasteiger partial charge in [0.25, 0.3) is 5.91 Å². The lowest BCUT2D eigenvalue weighted by Gasteiger charge is -2.31. The number of carbonyl (C=O) groups is 2. The van der Waals surface area contributed by atoms with Crippen molar-refractivity contribution in [3.05, 3.63) is 29.5 Å². The molecule has 1 fully saturated rings. The summed E-state index contributed by atoms with van der Waals surface area (Å²) in [7, 11) is 1.32. The van der Waals surface area contributed by atoms with Crippen molar-refractivity contribution in [3.63, 3.8) is 0 Å². The van der Waals surface area contributed by atoms with Crippen LogP contribution >= 0.6 is 0 Å². The van der Waals surface area contributed by atoms with Gasteiger partial charge >= 0.3 is 5.97 Å². The van der Waals surface area contributed by atoms with Crippen LogP contribution in [0.15, 0.2) is 18.2 Å². The molecule has 2 aromatic rings. The van der Waals surface area contributed by atoms with Crippen LogP contribution in [0.5, 0.6) is 0 Å². The molecule has 0 aliphatic carbocycles. The molecule has 3 N–H and O–H groups in total. The predicted molar refractivity (Wildman–Crippen MR) is 98.6 cm³/mol. The highest BCUT2D eigenvalue weighted by Gasteiger charge is 2.28. The van der Waals surface area contributed by atoms with E-state index in [2.05, 4.69) is 10.3 Å². The first-order valence-electron chi connectivity index (χ1n) is 8.87. The summed E-state index contributed by atoms with van der Waals surface area (Å²) in [6.07, 6.45) is 0.256. The molecular formula is C19H26N3O4+. The van der Waals surface area contributed by atoms with Gasteiger partial charge in [-0.25, -0.2) is 4.79 Å². The first kappa shape index (κ1) is 18.4. The van der Waals surface area contributed by atoms with Crippen molar-refractivity contribution in [2.24, 2.45) is 0 Å². The number of ether oxygens (including phenoxy) is 2. The number of fused-ring (bicyclic) bond motifs is 1. The molecule has 1 aromatic heterocycles. The van der Waals surface area contributed by atoms with Gasteiger partial charge < -0.3 is 24.7 Å². The highest BCUT2D eigenvalue weighted by Crippen LogP contribution is 2.29. The molecule has 140 valence electrons. The highest BCUT2D eigenvalue weighted by atomic mass is 16.5. The van der Waals surface area contributed by atoms with Crippen molar-refractivity contribution >= 4 is 28.5 Å². The van der Waals surface area contributed by atoms with Gasteiger partial charge in [-0.05, 0) is 32.4 Å². The van der Waals surface area contributed by atoms with Gasteiger partial charge in [-0.15, -0.1) is 0 Å². The average Bonchev–Trinajstić information content (AvgIpc) is 2.90. The molecule has 1 saturated heterocycles. The zero-order chi connectivity index (χ0) is 18.8. The molecular weight excluding hydrogens is 334 g/mol. The summed E-state index contributed by atoms with van der Waals surface area (Å²) in [5.41, 5.74) is 2.60. The molecule has 26 heavy (non-hydrogen) atoms. The maximum Gasteiger partial charge on any atom is 0.356 e. The third-order valence-electron chi connectivity index (χ3n) is 4.64. The third kappa shape index (κ3) is 3.89. The number of benzene rings is 1. The first-order valence-corrected chi connectivity index (χ1v) is 8.87. The number of nitrogens with one attached hydrogen (secondary N) is 3. The number of rotatable bonds is 4. The van der Waals surface area contributed by atoms with Crippen molar-refractivity contribution in [1.82, 2.24) is 4.98 Å². The summed E-state index contributed by atoms with van der Waals surface area (Å²) in [5, 5.41) is 3.71. The number of morpholine rings is 1. The lowest BCUT2D eigenvalue weighted by Crippen LogP contribution is -3.16. The van der Waals surface area contributed by atoms with Crippen LogP contribution in [0.2, 0.25) is 0 Å². The minimum atomic E-state index is -0.505. The van der Waals surface area contributed by atoms with E-state index in [0.717, 1.165) is 29.6 Å². The number of methoxy groups -OCH3 is 1. The van der Waals surface area contributed by atoms with Crippen LogP contribution in [0.1, 0.15) is 29.9 Å². The van der Waals surface area contributed by atoms with E-state index >= 15 is 0 Å². The Balaban J connectivity index is 1.82. The molecule has 7 nitrogen and oxygen atoms in total. The Hall–Kier alpha value is -2.38. The fraction of sp³-hybridized carbons (Fsp3) is 0.474. The van der Waals surface area contributed by atoms with Crippen LogP contribution in [-0.4, -0.2) is 55.8 Å². The number of quaternary nitrogens is 1. The van der Waals surface area contributed by atoms with E-state index in [1.807, 2.05) is 39.0 Å². The molecule has 1 aliphatic rings. The van der Waals surface area contributed by atoms with Crippen molar-refractivity contribution in [2.75, 3.05) is 32.1 Å². The molecule has 0 saturated carbocycles. The Morgan fingerprint density at radius 2 is 2.00 bits per heavy atom. The van der Waals surface area contributed by atoms with E-state index in [1.165, 1.54) is 12.0 Å². The minimum Gasteiger partial charge on any atom is -0.464 e. The van der Waals surface area contributed by atoms with Gasteiger partial charge in [0.05, 0.1) is 12.8 Å². The number of aryl methyl sites for hydroxylation is 1. The molecule has 1 aromatic carbocycles. The Labute approximate surface area is 152 Å². The summed E-state index contributed by atoms with van der Waals surface area (Å²) < 4.78 is 10.6. The number of H-pyrrole nitrogens is 1. The summed E-state index contributed by atoms with van der Waals surface area (Å²) in [5.74, 6) is -0.636. The van der Waals surface area contributed by atoms with E-state index in [4.69, 9.17) is 9.47 Å². The van der Waals surface area contributed by atoms with Crippen molar-refractivity contribution in [1.29, 1.82) is 0 Å². The maximum atomic E-state index is 12.6. The second-order valence-electron chi connectivity index (χ2n) is 7.06. The van der Waals surface area contributed by atoms with Crippen LogP contribution in [-0.2, 0) is 14.3 Å². The summed E-state index contributed by atoms with van der Waals surface area (Å²) in [6, 6.07) is 5.78. The number of amides is 1. The molecule has 0 bridgehead atoms. The maximum absolute atomic E-state index is 12.6. The van der Waals surface area contributed by atoms with Gasteiger partial charge in [0.2, 0.25) is 0 Å². The van der Waals surface area contributed by atoms with Gasteiger partial charge in [-0.3, -0.25) is 4.79 Å². The molecule has 3 atom stereocenters. The van der Waals surface area contributed by atoms with Crippen molar-refractivity contribution in [2.45, 2.75) is 33.0 Å². The molecule has 3 rings (SSSR count). The Bertz CT molecular complexity index is 820. The van der Waals surface area contributed by atoms with Crippen molar-refractivity contribution < 1.29 is 24.0 Å². The molecule has 2 heterocycles. The Morgan fingerprint density at radius 1 is 1.31 bits per heavy atom. The Morgan fingerprint density at radius 3 is 2.65 bits per heavy atom. The zero-order valence-electron chi connectivity index (χ0n) is 15.6. The van der Waals surface area contributed by atoms with Crippen LogP contribution in [0.25, 0.3) is 10.9 Å². The second-order valence-corrected chi connectivity index (χ2v) is 7.06. The third-order valence-corrected chi connectivity index (χ3v) is 4.64. The van der Waals surface area contributed by atoms with E-state index in [1.54, 1.807) is 0 Å². The van der Waals surface area contributed by atoms with Gasteiger partial charge in [0.15, 0.2) is 6.54 Å². The fourth-order valence-corrected chi connectivity index (χ4v) is 3.64. The molecule has 1 amide bonds. The molecule has 1 unspecified atom stereocenters. The number of hydrogen-bond acceptors (Lipinski definition) is 4. The molecule has 0 radical (unpaired) electrons. The minimum absolute atomic E-state index is 0.128. The van der Waals surface area contributed by atoms with Gasteiger partial charge in [-0.1, -0.05) is 12.1 Å². The van der Waals surface area contributed by atoms with Crippen LogP contribution < -0.4 is 10.2 Å². The summed E-state index contributed by atoms with van der Waals surface area (Å²) in [6.45, 7) is 7.91. The number of esters is 1. The molecule has 7 heteroatoms. The van der Waals surface area contributed by atoms with E-state index in [0.29, 0.717) is 12.2 Å². The van der Waals surface area contributed by atoms with Crippen molar-refractivity contribution in [3.8, 4) is 0 Å². The van der Waals surface area contributed by atoms with Crippen LogP contribution in [0.3, 0.4) is 0 Å². The number of aromatic nitrogens is 1. The first-order chi connectivity index (χ1) is 12.4. The number of anilines is 1. The lowest BCUT2D eigenvalue weighted by molar-refractivity contribution is -0.907. The smallest absolute Gasteiger partial charge is 0.356 e. The molecule has 0 spiro atoms. The quantitative estimate of drug-likeness (QED) is 0.707.